The van der Waals surface area contributed by atoms with Gasteiger partial charge in [0.2, 0.25) is 0 Å². The van der Waals surface area contributed by atoms with E-state index in [0.717, 1.165) is 37.5 Å². The Morgan fingerprint density at radius 1 is 1.12 bits per heavy atom. The van der Waals surface area contributed by atoms with Crippen molar-refractivity contribution in [2.45, 2.75) is 6.18 Å². The molecule has 1 aliphatic heterocycles. The molecule has 1 saturated heterocycles. The molecular formula is C16H17F3N2O3. The summed E-state index contributed by atoms with van der Waals surface area (Å²) in [6.07, 6.45) is -3.38. The number of carbonyl (C=O) groups is 1. The van der Waals surface area contributed by atoms with Crippen LogP contribution in [0.2, 0.25) is 0 Å². The largest absolute Gasteiger partial charge is 0.490 e. The van der Waals surface area contributed by atoms with Crippen LogP contribution in [0.3, 0.4) is 0 Å². The predicted molar refractivity (Wildman–Crippen MR) is 82.9 cm³/mol. The number of nitrogens with zero attached hydrogens (tertiary/aromatic N) is 1. The number of aliphatic carboxylic acids is 1. The number of anilines is 1. The summed E-state index contributed by atoms with van der Waals surface area (Å²) < 4.78 is 37.1. The van der Waals surface area contributed by atoms with Gasteiger partial charge in [0.15, 0.2) is 0 Å². The highest BCUT2D eigenvalue weighted by atomic mass is 19.4. The molecule has 24 heavy (non-hydrogen) atoms. The molecule has 5 nitrogen and oxygen atoms in total. The molecule has 0 bridgehead atoms. The topological polar surface area (TPSA) is 65.7 Å². The zero-order valence-electron chi connectivity index (χ0n) is 12.7. The van der Waals surface area contributed by atoms with Gasteiger partial charge < -0.3 is 19.7 Å². The number of carboxylic acid groups (broad SMARTS) is 1. The molecule has 0 saturated carbocycles. The lowest BCUT2D eigenvalue weighted by Gasteiger charge is -2.29. The lowest BCUT2D eigenvalue weighted by atomic mass is 10.1. The van der Waals surface area contributed by atoms with Crippen molar-refractivity contribution in [3.8, 4) is 11.3 Å². The van der Waals surface area contributed by atoms with E-state index in [1.165, 1.54) is 5.69 Å². The minimum Gasteiger partial charge on any atom is -0.475 e. The van der Waals surface area contributed by atoms with E-state index in [1.54, 1.807) is 6.26 Å². The maximum atomic E-state index is 10.6. The highest BCUT2D eigenvalue weighted by Crippen LogP contribution is 2.23. The summed E-state index contributed by atoms with van der Waals surface area (Å²) in [5, 5.41) is 10.5. The molecule has 8 heteroatoms. The van der Waals surface area contributed by atoms with Crippen LogP contribution in [0, 0.1) is 0 Å². The molecule has 0 atom stereocenters. The number of halogens is 3. The van der Waals surface area contributed by atoms with Gasteiger partial charge in [-0.05, 0) is 36.4 Å². The summed E-state index contributed by atoms with van der Waals surface area (Å²) in [4.78, 5) is 11.3. The second-order valence-electron chi connectivity index (χ2n) is 5.06. The minimum absolute atomic E-state index is 0.928. The summed E-state index contributed by atoms with van der Waals surface area (Å²) >= 11 is 0. The fraction of sp³-hybridized carbons (Fsp3) is 0.312. The van der Waals surface area contributed by atoms with E-state index in [9.17, 15) is 13.2 Å². The van der Waals surface area contributed by atoms with E-state index in [1.807, 2.05) is 12.1 Å². The Morgan fingerprint density at radius 3 is 2.17 bits per heavy atom. The minimum atomic E-state index is -5.08. The van der Waals surface area contributed by atoms with E-state index in [2.05, 4.69) is 34.5 Å². The number of carboxylic acids is 1. The number of hydrogen-bond acceptors (Lipinski definition) is 4. The molecule has 2 N–H and O–H groups in total. The molecular weight excluding hydrogens is 325 g/mol. The van der Waals surface area contributed by atoms with E-state index in [4.69, 9.17) is 14.3 Å². The van der Waals surface area contributed by atoms with Crippen molar-refractivity contribution in [2.75, 3.05) is 31.1 Å². The molecule has 1 aromatic carbocycles. The summed E-state index contributed by atoms with van der Waals surface area (Å²) in [5.74, 6) is -1.83. The first kappa shape index (κ1) is 17.9. The van der Waals surface area contributed by atoms with Crippen molar-refractivity contribution in [3.05, 3.63) is 42.7 Å². The third kappa shape index (κ3) is 5.02. The summed E-state index contributed by atoms with van der Waals surface area (Å²) in [5.41, 5.74) is 2.43. The highest BCUT2D eigenvalue weighted by Gasteiger charge is 2.38. The lowest BCUT2D eigenvalue weighted by molar-refractivity contribution is -0.192. The van der Waals surface area contributed by atoms with Crippen LogP contribution in [0.5, 0.6) is 0 Å². The van der Waals surface area contributed by atoms with Crippen molar-refractivity contribution in [2.24, 2.45) is 0 Å². The molecule has 2 heterocycles. The van der Waals surface area contributed by atoms with Crippen LogP contribution in [0.25, 0.3) is 11.3 Å². The smallest absolute Gasteiger partial charge is 0.475 e. The van der Waals surface area contributed by atoms with Crippen molar-refractivity contribution >= 4 is 11.7 Å². The van der Waals surface area contributed by atoms with Crippen molar-refractivity contribution in [1.82, 2.24) is 5.32 Å². The zero-order valence-corrected chi connectivity index (χ0v) is 12.7. The molecule has 130 valence electrons. The number of benzene rings is 1. The van der Waals surface area contributed by atoms with Crippen LogP contribution in [0.4, 0.5) is 18.9 Å². The van der Waals surface area contributed by atoms with Crippen molar-refractivity contribution in [3.63, 3.8) is 0 Å². The number of nitrogens with one attached hydrogen (secondary N) is 1. The predicted octanol–water partition coefficient (Wildman–Crippen LogP) is 2.99. The SMILES string of the molecule is O=C(O)C(F)(F)F.c1coc(-c2ccc(N3CCNCC3)cc2)c1. The van der Waals surface area contributed by atoms with Crippen LogP contribution in [0.1, 0.15) is 0 Å². The third-order valence-electron chi connectivity index (χ3n) is 3.40. The van der Waals surface area contributed by atoms with Gasteiger partial charge in [-0.1, -0.05) is 0 Å². The van der Waals surface area contributed by atoms with Crippen molar-refractivity contribution < 1.29 is 27.5 Å². The van der Waals surface area contributed by atoms with Gasteiger partial charge in [0.05, 0.1) is 6.26 Å². The molecule has 0 unspecified atom stereocenters. The van der Waals surface area contributed by atoms with Gasteiger partial charge in [-0.25, -0.2) is 4.79 Å². The van der Waals surface area contributed by atoms with Gasteiger partial charge in [-0.3, -0.25) is 0 Å². The Balaban J connectivity index is 0.000000256. The molecule has 1 aromatic heterocycles. The maximum absolute atomic E-state index is 10.6. The van der Waals surface area contributed by atoms with Gasteiger partial charge >= 0.3 is 12.1 Å². The van der Waals surface area contributed by atoms with Gasteiger partial charge in [-0.15, -0.1) is 0 Å². The van der Waals surface area contributed by atoms with E-state index in [0.29, 0.717) is 0 Å². The monoisotopic (exact) mass is 342 g/mol. The van der Waals surface area contributed by atoms with E-state index >= 15 is 0 Å². The van der Waals surface area contributed by atoms with E-state index < -0.39 is 12.1 Å². The molecule has 0 radical (unpaired) electrons. The number of furan rings is 1. The summed E-state index contributed by atoms with van der Waals surface area (Å²) in [6, 6.07) is 12.5. The molecule has 0 spiro atoms. The van der Waals surface area contributed by atoms with Crippen LogP contribution in [-0.4, -0.2) is 43.4 Å². The number of rotatable bonds is 2. The van der Waals surface area contributed by atoms with Crippen LogP contribution in [-0.2, 0) is 4.79 Å². The standard InChI is InChI=1S/C14H16N2O.C2HF3O2/c1-2-14(17-11-1)12-3-5-13(6-4-12)16-9-7-15-8-10-16;3-2(4,5)1(6)7/h1-6,11,15H,7-10H2;(H,6,7). The second kappa shape index (κ2) is 7.87. The first-order valence-corrected chi connectivity index (χ1v) is 7.27. The molecule has 3 rings (SSSR count). The first-order valence-electron chi connectivity index (χ1n) is 7.27. The first-order chi connectivity index (χ1) is 11.4. The number of alkyl halides is 3. The van der Waals surface area contributed by atoms with Crippen molar-refractivity contribution in [1.29, 1.82) is 0 Å². The average Bonchev–Trinajstić information content (AvgIpc) is 3.10. The van der Waals surface area contributed by atoms with Crippen LogP contribution < -0.4 is 10.2 Å². The molecule has 2 aromatic rings. The Bertz CT molecular complexity index is 634. The van der Waals surface area contributed by atoms with Gasteiger partial charge in [0.1, 0.15) is 5.76 Å². The Kier molecular flexibility index (Phi) is 5.86. The highest BCUT2D eigenvalue weighted by molar-refractivity contribution is 5.73. The van der Waals surface area contributed by atoms with Gasteiger partial charge in [0.25, 0.3) is 0 Å². The van der Waals surface area contributed by atoms with Crippen LogP contribution in [0.15, 0.2) is 47.1 Å². The maximum Gasteiger partial charge on any atom is 0.490 e. The Hall–Kier alpha value is -2.48. The summed E-state index contributed by atoms with van der Waals surface area (Å²) in [6.45, 7) is 4.31. The molecule has 0 aliphatic carbocycles. The Labute approximate surface area is 136 Å². The quantitative estimate of drug-likeness (QED) is 0.878. The third-order valence-corrected chi connectivity index (χ3v) is 3.40. The number of piperazine rings is 1. The van der Waals surface area contributed by atoms with Gasteiger partial charge in [0, 0.05) is 37.4 Å². The fourth-order valence-corrected chi connectivity index (χ4v) is 2.20. The molecule has 0 amide bonds. The summed E-state index contributed by atoms with van der Waals surface area (Å²) in [7, 11) is 0. The average molecular weight is 342 g/mol. The van der Waals surface area contributed by atoms with Crippen LogP contribution >= 0.6 is 0 Å². The lowest BCUT2D eigenvalue weighted by Crippen LogP contribution is -2.43. The number of hydrogen-bond donors (Lipinski definition) is 2. The van der Waals surface area contributed by atoms with Gasteiger partial charge in [-0.2, -0.15) is 13.2 Å². The zero-order chi connectivity index (χ0) is 17.6. The molecule has 1 aliphatic rings. The fourth-order valence-electron chi connectivity index (χ4n) is 2.20. The second-order valence-corrected chi connectivity index (χ2v) is 5.06. The Morgan fingerprint density at radius 2 is 1.71 bits per heavy atom. The normalized spacial score (nSPS) is 14.7. The molecule has 1 fully saturated rings. The van der Waals surface area contributed by atoms with E-state index in [-0.39, 0.29) is 0 Å².